The Balaban J connectivity index is -0.0000000105. The molecule has 0 rings (SSSR count). The van der Waals surface area contributed by atoms with Crippen molar-refractivity contribution >= 4 is 23.1 Å². The van der Waals surface area contributed by atoms with Crippen molar-refractivity contribution in [3.8, 4) is 6.07 Å². The van der Waals surface area contributed by atoms with E-state index in [1.807, 2.05) is 0 Å². The fourth-order valence-electron chi connectivity index (χ4n) is 0. The second kappa shape index (κ2) is 73.5. The van der Waals surface area contributed by atoms with E-state index < -0.39 is 0 Å². The zero-order valence-electron chi connectivity index (χ0n) is 4.74. The van der Waals surface area contributed by atoms with Gasteiger partial charge in [0.15, 0.2) is 0 Å². The van der Waals surface area contributed by atoms with Gasteiger partial charge >= 0.3 is 23.1 Å². The smallest absolute Gasteiger partial charge is 1.00 e. The van der Waals surface area contributed by atoms with E-state index in [0.29, 0.717) is 0 Å². The molecule has 0 spiro atoms. The maximum atomic E-state index is 7.32. The summed E-state index contributed by atoms with van der Waals surface area (Å²) in [6.45, 7) is 6.43. The Morgan fingerprint density at radius 1 is 1.43 bits per heavy atom. The second-order valence-electron chi connectivity index (χ2n) is 0.224. The predicted molar refractivity (Wildman–Crippen MR) is 28.1 cm³/mol. The Bertz CT molecular complexity index is 33.2. The van der Waals surface area contributed by atoms with Gasteiger partial charge in [-0.2, -0.15) is 12.2 Å². The van der Waals surface area contributed by atoms with Gasteiger partial charge < -0.3 is 23.9 Å². The van der Waals surface area contributed by atoms with Crippen LogP contribution < -0.4 is 17.0 Å². The maximum Gasteiger partial charge on any atom is 2.00 e. The Morgan fingerprint density at radius 3 is 1.43 bits per heavy atom. The van der Waals surface area contributed by atoms with Crippen LogP contribution >= 0.6 is 0 Å². The van der Waals surface area contributed by atoms with Crippen LogP contribution in [0.4, 0.5) is 0 Å². The quantitative estimate of drug-likeness (QED) is 0.308. The molecule has 0 aliphatic heterocycles. The van der Waals surface area contributed by atoms with Crippen molar-refractivity contribution in [1.29, 1.82) is 5.26 Å². The molecule has 0 saturated heterocycles. The van der Waals surface area contributed by atoms with Crippen molar-refractivity contribution in [3.63, 3.8) is 0 Å². The largest absolute Gasteiger partial charge is 2.00 e. The maximum absolute atomic E-state index is 7.32. The predicted octanol–water partition coefficient (Wildman–Crippen LogP) is -2.01. The van der Waals surface area contributed by atoms with E-state index >= 15 is 0 Å². The molecule has 38 valence electrons. The van der Waals surface area contributed by atoms with Gasteiger partial charge in [-0.3, -0.25) is 0 Å². The average molecular weight is 174 g/mol. The summed E-state index contributed by atoms with van der Waals surface area (Å²) in [5.74, 6) is 0. The topological polar surface area (TPSA) is 23.8 Å². The van der Waals surface area contributed by atoms with E-state index in [0.717, 1.165) is 0 Å². The summed E-state index contributed by atoms with van der Waals surface area (Å²) in [4.78, 5) is 0. The van der Waals surface area contributed by atoms with Crippen molar-refractivity contribution < 1.29 is 17.0 Å². The first-order valence-electron chi connectivity index (χ1n) is 1.43. The van der Waals surface area contributed by atoms with Crippen LogP contribution in [0.25, 0.3) is 0 Å². The van der Waals surface area contributed by atoms with Gasteiger partial charge in [0, 0.05) is 6.92 Å². The summed E-state index contributed by atoms with van der Waals surface area (Å²) in [7, 11) is 0. The van der Waals surface area contributed by atoms with Crippen molar-refractivity contribution in [1.82, 2.24) is 0 Å². The summed E-state index contributed by atoms with van der Waals surface area (Å²) in [5, 5.41) is 7.32. The van der Waals surface area contributed by atoms with Gasteiger partial charge in [-0.05, 0) is 0 Å². The van der Waals surface area contributed by atoms with Gasteiger partial charge in [-0.25, -0.2) is 0 Å². The molecule has 1 nitrogen and oxygen atoms in total. The average Bonchev–Trinajstić information content (AvgIpc) is 1.46. The van der Waals surface area contributed by atoms with Gasteiger partial charge in [0.2, 0.25) is 0 Å². The zero-order valence-corrected chi connectivity index (χ0v) is 7.74. The monoisotopic (exact) mass is 173 g/mol. The minimum absolute atomic E-state index is 0. The van der Waals surface area contributed by atoms with Crippen molar-refractivity contribution in [2.75, 3.05) is 0 Å². The Hall–Kier alpha value is 0.736. The van der Waals surface area contributed by atoms with Gasteiger partial charge in [-0.1, -0.05) is 0 Å². The van der Waals surface area contributed by atoms with E-state index in [9.17, 15) is 0 Å². The standard InChI is InChI=1S/C2H3N.C2H5.BrH.Mg/c1-2-3;1-2;;/h1H3;1H2,2H3;1H;/q;-1;;+2/p-1. The first kappa shape index (κ1) is 25.1. The number of nitrogens with zero attached hydrogens (tertiary/aromatic N) is 1. The van der Waals surface area contributed by atoms with Crippen molar-refractivity contribution in [2.45, 2.75) is 13.8 Å². The van der Waals surface area contributed by atoms with E-state index in [4.69, 9.17) is 5.26 Å². The second-order valence-corrected chi connectivity index (χ2v) is 0.224. The molecule has 0 unspecified atom stereocenters. The molecule has 0 bridgehead atoms. The molecule has 0 heterocycles. The fourth-order valence-corrected chi connectivity index (χ4v) is 0. The molecule has 0 aliphatic rings. The third-order valence-electron chi connectivity index (χ3n) is 0. The third kappa shape index (κ3) is 279. The number of halogens is 1. The van der Waals surface area contributed by atoms with Crippen LogP contribution in [-0.4, -0.2) is 23.1 Å². The molecule has 7 heavy (non-hydrogen) atoms. The third-order valence-corrected chi connectivity index (χ3v) is 0. The molecular weight excluding hydrogens is 166 g/mol. The molecule has 0 radical (unpaired) electrons. The van der Waals surface area contributed by atoms with Crippen LogP contribution in [0.1, 0.15) is 13.8 Å². The van der Waals surface area contributed by atoms with Gasteiger partial charge in [-0.15, -0.1) is 0 Å². The number of hydrogen-bond donors (Lipinski definition) is 0. The molecule has 0 aliphatic carbocycles. The Labute approximate surface area is 72.0 Å². The van der Waals surface area contributed by atoms with Crippen LogP contribution in [-0.2, 0) is 0 Å². The van der Waals surface area contributed by atoms with Crippen molar-refractivity contribution in [2.24, 2.45) is 0 Å². The molecule has 0 amide bonds. The van der Waals surface area contributed by atoms with Gasteiger partial charge in [0.25, 0.3) is 0 Å². The molecule has 0 atom stereocenters. The van der Waals surface area contributed by atoms with Crippen LogP contribution in [0, 0.1) is 18.3 Å². The fraction of sp³-hybridized carbons (Fsp3) is 0.500. The molecule has 0 N–H and O–H groups in total. The SMILES string of the molecule is CC#N.[Br-].[CH2-]C.[Mg+2]. The summed E-state index contributed by atoms with van der Waals surface area (Å²) >= 11 is 0. The number of hydrogen-bond acceptors (Lipinski definition) is 1. The van der Waals surface area contributed by atoms with Crippen molar-refractivity contribution in [3.05, 3.63) is 6.92 Å². The van der Waals surface area contributed by atoms with E-state index in [1.165, 1.54) is 6.92 Å². The first-order valence-corrected chi connectivity index (χ1v) is 1.43. The normalized spacial score (nSPS) is 2.00. The summed E-state index contributed by atoms with van der Waals surface area (Å²) in [6, 6.07) is 1.75. The van der Waals surface area contributed by atoms with Crippen LogP contribution in [0.15, 0.2) is 0 Å². The molecule has 0 aromatic heterocycles. The number of nitriles is 1. The minimum atomic E-state index is 0. The minimum Gasteiger partial charge on any atom is -1.00 e. The molecule has 0 saturated carbocycles. The first-order chi connectivity index (χ1) is 2.41. The van der Waals surface area contributed by atoms with Gasteiger partial charge in [0.05, 0.1) is 6.07 Å². The number of rotatable bonds is 0. The summed E-state index contributed by atoms with van der Waals surface area (Å²) in [6.07, 6.45) is 0. The summed E-state index contributed by atoms with van der Waals surface area (Å²) < 4.78 is 0. The molecule has 0 aromatic rings. The Kier molecular flexibility index (Phi) is 264. The molecule has 0 fully saturated rings. The molecule has 3 heteroatoms. The van der Waals surface area contributed by atoms with Crippen LogP contribution in [0.5, 0.6) is 0 Å². The zero-order chi connectivity index (χ0) is 4.71. The molecular formula is C4H8BrMgN. The Morgan fingerprint density at radius 2 is 1.43 bits per heavy atom. The van der Waals surface area contributed by atoms with Crippen LogP contribution in [0.2, 0.25) is 0 Å². The van der Waals surface area contributed by atoms with Gasteiger partial charge in [0.1, 0.15) is 0 Å². The van der Waals surface area contributed by atoms with E-state index in [1.54, 1.807) is 13.0 Å². The van der Waals surface area contributed by atoms with E-state index in [-0.39, 0.29) is 40.0 Å². The van der Waals surface area contributed by atoms with Crippen LogP contribution in [0.3, 0.4) is 0 Å². The molecule has 0 aromatic carbocycles. The summed E-state index contributed by atoms with van der Waals surface area (Å²) in [5.41, 5.74) is 0. The van der Waals surface area contributed by atoms with E-state index in [2.05, 4.69) is 6.92 Å².